The van der Waals surface area contributed by atoms with Crippen molar-refractivity contribution in [3.05, 3.63) is 59.7 Å². The third kappa shape index (κ3) is 5.62. The Balaban J connectivity index is 1.33. The zero-order chi connectivity index (χ0) is 25.7. The van der Waals surface area contributed by atoms with Crippen molar-refractivity contribution in [3.63, 3.8) is 0 Å². The molecule has 0 spiro atoms. The van der Waals surface area contributed by atoms with Gasteiger partial charge in [-0.25, -0.2) is 9.69 Å². The molecule has 0 bridgehead atoms. The van der Waals surface area contributed by atoms with E-state index in [0.29, 0.717) is 36.6 Å². The SMILES string of the molecule is COc1ccc(C(=O)COC(=O)c2ccc(N3C(=O)CC(N4CCN(CCO)CC4)C3=O)cc2)cc1. The van der Waals surface area contributed by atoms with E-state index < -0.39 is 18.6 Å². The fourth-order valence-corrected chi connectivity index (χ4v) is 4.43. The van der Waals surface area contributed by atoms with Crippen molar-refractivity contribution in [3.8, 4) is 5.75 Å². The molecule has 2 aliphatic rings. The minimum Gasteiger partial charge on any atom is -0.497 e. The smallest absolute Gasteiger partial charge is 0.338 e. The lowest BCUT2D eigenvalue weighted by atomic mass is 10.1. The lowest BCUT2D eigenvalue weighted by molar-refractivity contribution is -0.123. The summed E-state index contributed by atoms with van der Waals surface area (Å²) in [6.45, 7) is 3.05. The van der Waals surface area contributed by atoms with E-state index in [1.165, 1.54) is 31.4 Å². The number of anilines is 1. The van der Waals surface area contributed by atoms with Gasteiger partial charge in [0.2, 0.25) is 5.91 Å². The molecule has 2 amide bonds. The van der Waals surface area contributed by atoms with Crippen molar-refractivity contribution in [2.75, 3.05) is 57.9 Å². The number of carbonyl (C=O) groups is 4. The van der Waals surface area contributed by atoms with Gasteiger partial charge in [-0.15, -0.1) is 0 Å². The highest BCUT2D eigenvalue weighted by Gasteiger charge is 2.43. The number of imide groups is 1. The molecule has 1 atom stereocenters. The monoisotopic (exact) mass is 495 g/mol. The van der Waals surface area contributed by atoms with Gasteiger partial charge in [0, 0.05) is 38.3 Å². The minimum atomic E-state index is -0.680. The van der Waals surface area contributed by atoms with Crippen LogP contribution in [0.15, 0.2) is 48.5 Å². The van der Waals surface area contributed by atoms with E-state index in [-0.39, 0.29) is 36.2 Å². The lowest BCUT2D eigenvalue weighted by Gasteiger charge is -2.36. The molecule has 2 saturated heterocycles. The number of aliphatic hydroxyl groups is 1. The predicted octanol–water partition coefficient (Wildman–Crippen LogP) is 0.977. The van der Waals surface area contributed by atoms with Crippen LogP contribution < -0.4 is 9.64 Å². The molecule has 10 nitrogen and oxygen atoms in total. The standard InChI is InChI=1S/C26H29N3O7/c1-35-21-8-4-18(5-9-21)23(31)17-36-26(34)19-2-6-20(7-3-19)29-24(32)16-22(25(29)33)28-12-10-27(11-13-28)14-15-30/h2-9,22,30H,10-17H2,1H3. The van der Waals surface area contributed by atoms with E-state index >= 15 is 0 Å². The zero-order valence-corrected chi connectivity index (χ0v) is 20.1. The molecular weight excluding hydrogens is 466 g/mol. The van der Waals surface area contributed by atoms with Crippen molar-refractivity contribution in [2.24, 2.45) is 0 Å². The molecule has 2 aromatic carbocycles. The number of piperazine rings is 1. The summed E-state index contributed by atoms with van der Waals surface area (Å²) < 4.78 is 10.2. The van der Waals surface area contributed by atoms with Gasteiger partial charge in [0.25, 0.3) is 5.91 Å². The van der Waals surface area contributed by atoms with Crippen LogP contribution in [0.3, 0.4) is 0 Å². The average Bonchev–Trinajstić information content (AvgIpc) is 3.21. The van der Waals surface area contributed by atoms with E-state index in [2.05, 4.69) is 4.90 Å². The highest BCUT2D eigenvalue weighted by Crippen LogP contribution is 2.27. The number of ketones is 1. The number of β-amino-alcohol motifs (C(OH)–C–C–N with tert-alkyl or cyclic N) is 1. The Labute approximate surface area is 209 Å². The predicted molar refractivity (Wildman–Crippen MR) is 130 cm³/mol. The van der Waals surface area contributed by atoms with E-state index in [4.69, 9.17) is 14.6 Å². The second kappa shape index (κ2) is 11.4. The Morgan fingerprint density at radius 1 is 0.944 bits per heavy atom. The maximum Gasteiger partial charge on any atom is 0.338 e. The molecule has 0 radical (unpaired) electrons. The van der Waals surface area contributed by atoms with Crippen LogP contribution in [0.1, 0.15) is 27.1 Å². The Morgan fingerprint density at radius 3 is 2.19 bits per heavy atom. The second-order valence-corrected chi connectivity index (χ2v) is 8.66. The van der Waals surface area contributed by atoms with Crippen LogP contribution in [0, 0.1) is 0 Å². The van der Waals surface area contributed by atoms with E-state index in [0.717, 1.165) is 18.0 Å². The van der Waals surface area contributed by atoms with Crippen LogP contribution in [0.5, 0.6) is 5.75 Å². The van der Waals surface area contributed by atoms with Crippen LogP contribution in [0.4, 0.5) is 5.69 Å². The fraction of sp³-hybridized carbons (Fsp3) is 0.385. The number of carbonyl (C=O) groups excluding carboxylic acids is 4. The van der Waals surface area contributed by atoms with Crippen LogP contribution in [0.2, 0.25) is 0 Å². The van der Waals surface area contributed by atoms with E-state index in [1.807, 2.05) is 4.90 Å². The largest absolute Gasteiger partial charge is 0.497 e. The first-order valence-electron chi connectivity index (χ1n) is 11.8. The van der Waals surface area contributed by atoms with Gasteiger partial charge in [-0.3, -0.25) is 24.2 Å². The first-order chi connectivity index (χ1) is 17.4. The van der Waals surface area contributed by atoms with Crippen LogP contribution >= 0.6 is 0 Å². The van der Waals surface area contributed by atoms with Gasteiger partial charge < -0.3 is 14.6 Å². The molecule has 0 saturated carbocycles. The molecule has 0 aliphatic carbocycles. The highest BCUT2D eigenvalue weighted by atomic mass is 16.5. The molecule has 4 rings (SSSR count). The molecular formula is C26H29N3O7. The number of hydrogen-bond donors (Lipinski definition) is 1. The number of nitrogens with zero attached hydrogens (tertiary/aromatic N) is 3. The van der Waals surface area contributed by atoms with Crippen LogP contribution in [0.25, 0.3) is 0 Å². The second-order valence-electron chi connectivity index (χ2n) is 8.66. The number of rotatable bonds is 9. The molecule has 10 heteroatoms. The summed E-state index contributed by atoms with van der Waals surface area (Å²) in [4.78, 5) is 55.7. The summed E-state index contributed by atoms with van der Waals surface area (Å²) in [5, 5.41) is 9.10. The van der Waals surface area contributed by atoms with Gasteiger partial charge in [0.15, 0.2) is 12.4 Å². The molecule has 2 heterocycles. The maximum atomic E-state index is 13.1. The Morgan fingerprint density at radius 2 is 1.58 bits per heavy atom. The van der Waals surface area contributed by atoms with Crippen LogP contribution in [-0.2, 0) is 14.3 Å². The molecule has 2 aliphatic heterocycles. The first-order valence-corrected chi connectivity index (χ1v) is 11.8. The number of aliphatic hydroxyl groups excluding tert-OH is 1. The maximum absolute atomic E-state index is 13.1. The van der Waals surface area contributed by atoms with Crippen molar-refractivity contribution in [1.29, 1.82) is 0 Å². The molecule has 2 fully saturated rings. The van der Waals surface area contributed by atoms with Gasteiger partial charge in [0.1, 0.15) is 5.75 Å². The first kappa shape index (κ1) is 25.5. The van der Waals surface area contributed by atoms with E-state index in [9.17, 15) is 19.2 Å². The van der Waals surface area contributed by atoms with Gasteiger partial charge in [0.05, 0.1) is 37.4 Å². The fourth-order valence-electron chi connectivity index (χ4n) is 4.43. The number of methoxy groups -OCH3 is 1. The summed E-state index contributed by atoms with van der Waals surface area (Å²) in [6, 6.07) is 12.0. The van der Waals surface area contributed by atoms with Crippen molar-refractivity contribution in [2.45, 2.75) is 12.5 Å². The average molecular weight is 496 g/mol. The molecule has 2 aromatic rings. The Bertz CT molecular complexity index is 1110. The number of amides is 2. The van der Waals surface area contributed by atoms with E-state index in [1.54, 1.807) is 24.3 Å². The molecule has 0 aromatic heterocycles. The molecule has 36 heavy (non-hydrogen) atoms. The number of Topliss-reactive ketones (excluding diaryl/α,β-unsaturated/α-hetero) is 1. The number of ether oxygens (including phenoxy) is 2. The van der Waals surface area contributed by atoms with Gasteiger partial charge in [-0.05, 0) is 48.5 Å². The molecule has 1 N–H and O–H groups in total. The third-order valence-electron chi connectivity index (χ3n) is 6.49. The lowest BCUT2D eigenvalue weighted by Crippen LogP contribution is -2.52. The summed E-state index contributed by atoms with van der Waals surface area (Å²) in [7, 11) is 1.53. The minimum absolute atomic E-state index is 0.0944. The normalized spacial score (nSPS) is 18.9. The molecule has 1 unspecified atom stereocenters. The third-order valence-corrected chi connectivity index (χ3v) is 6.49. The molecule has 190 valence electrons. The van der Waals surface area contributed by atoms with Crippen molar-refractivity contribution in [1.82, 2.24) is 9.80 Å². The Kier molecular flexibility index (Phi) is 8.09. The topological polar surface area (TPSA) is 117 Å². The summed E-state index contributed by atoms with van der Waals surface area (Å²) in [5.74, 6) is -0.981. The van der Waals surface area contributed by atoms with Gasteiger partial charge >= 0.3 is 5.97 Å². The summed E-state index contributed by atoms with van der Waals surface area (Å²) in [5.41, 5.74) is 0.989. The van der Waals surface area contributed by atoms with Crippen LogP contribution in [-0.4, -0.2) is 97.6 Å². The quantitative estimate of drug-likeness (QED) is 0.309. The Hall–Kier alpha value is -3.60. The van der Waals surface area contributed by atoms with Crippen molar-refractivity contribution >= 4 is 29.3 Å². The van der Waals surface area contributed by atoms with Gasteiger partial charge in [-0.1, -0.05) is 0 Å². The van der Waals surface area contributed by atoms with Crippen molar-refractivity contribution < 1.29 is 33.8 Å². The number of esters is 1. The number of benzene rings is 2. The summed E-state index contributed by atoms with van der Waals surface area (Å²) >= 11 is 0. The number of hydrogen-bond acceptors (Lipinski definition) is 9. The zero-order valence-electron chi connectivity index (χ0n) is 20.1. The summed E-state index contributed by atoms with van der Waals surface area (Å²) in [6.07, 6.45) is 0.107. The van der Waals surface area contributed by atoms with Gasteiger partial charge in [-0.2, -0.15) is 0 Å². The highest BCUT2D eigenvalue weighted by molar-refractivity contribution is 6.22.